The zero-order chi connectivity index (χ0) is 8.10. The molecule has 0 aliphatic rings. The second-order valence-electron chi connectivity index (χ2n) is 1.72. The van der Waals surface area contributed by atoms with Crippen LogP contribution in [0.25, 0.3) is 0 Å². The minimum atomic E-state index is 0.0281. The Morgan fingerprint density at radius 3 is 3.18 bits per heavy atom. The standard InChI is InChI=1S/C7H5ClN2O/c8-5-11-7-2-1-3-10-6(7)4-9/h1-3H,5H2. The first-order chi connectivity index (χ1) is 5.38. The van der Waals surface area contributed by atoms with E-state index in [-0.39, 0.29) is 11.8 Å². The Kier molecular flexibility index (Phi) is 2.70. The van der Waals surface area contributed by atoms with Gasteiger partial charge in [-0.25, -0.2) is 4.98 Å². The minimum Gasteiger partial charge on any atom is -0.475 e. The molecule has 0 amide bonds. The van der Waals surface area contributed by atoms with Gasteiger partial charge in [-0.15, -0.1) is 0 Å². The SMILES string of the molecule is N#Cc1ncccc1OCCl. The second kappa shape index (κ2) is 3.79. The predicted octanol–water partition coefficient (Wildman–Crippen LogP) is 1.53. The molecule has 0 spiro atoms. The fourth-order valence-electron chi connectivity index (χ4n) is 0.650. The first-order valence-electron chi connectivity index (χ1n) is 2.92. The van der Waals surface area contributed by atoms with Crippen molar-refractivity contribution < 1.29 is 4.74 Å². The van der Waals surface area contributed by atoms with E-state index in [4.69, 9.17) is 21.6 Å². The monoisotopic (exact) mass is 168 g/mol. The Balaban J connectivity index is 2.95. The zero-order valence-electron chi connectivity index (χ0n) is 5.62. The van der Waals surface area contributed by atoms with Crippen LogP contribution in [0.5, 0.6) is 5.75 Å². The molecule has 1 rings (SSSR count). The molecule has 0 N–H and O–H groups in total. The molecule has 1 aromatic heterocycles. The molecule has 11 heavy (non-hydrogen) atoms. The summed E-state index contributed by atoms with van der Waals surface area (Å²) in [5, 5.41) is 8.51. The Morgan fingerprint density at radius 1 is 1.73 bits per heavy atom. The van der Waals surface area contributed by atoms with E-state index in [9.17, 15) is 0 Å². The van der Waals surface area contributed by atoms with Gasteiger partial charge in [-0.3, -0.25) is 0 Å². The summed E-state index contributed by atoms with van der Waals surface area (Å²) in [4.78, 5) is 3.77. The van der Waals surface area contributed by atoms with Crippen LogP contribution >= 0.6 is 11.6 Å². The van der Waals surface area contributed by atoms with Crippen molar-refractivity contribution in [1.82, 2.24) is 4.98 Å². The topological polar surface area (TPSA) is 45.9 Å². The van der Waals surface area contributed by atoms with E-state index in [0.717, 1.165) is 0 Å². The average molecular weight is 169 g/mol. The molecule has 56 valence electrons. The third-order valence-electron chi connectivity index (χ3n) is 1.09. The van der Waals surface area contributed by atoms with Crippen molar-refractivity contribution >= 4 is 11.6 Å². The summed E-state index contributed by atoms with van der Waals surface area (Å²) >= 11 is 5.31. The largest absolute Gasteiger partial charge is 0.475 e. The lowest BCUT2D eigenvalue weighted by molar-refractivity contribution is 0.385. The highest BCUT2D eigenvalue weighted by atomic mass is 35.5. The van der Waals surface area contributed by atoms with Crippen LogP contribution in [0.4, 0.5) is 0 Å². The lowest BCUT2D eigenvalue weighted by Gasteiger charge is -2.00. The van der Waals surface area contributed by atoms with Crippen LogP contribution in [0.15, 0.2) is 18.3 Å². The summed E-state index contributed by atoms with van der Waals surface area (Å²) in [6.45, 7) is 0. The zero-order valence-corrected chi connectivity index (χ0v) is 6.38. The Labute approximate surface area is 69.2 Å². The van der Waals surface area contributed by atoms with E-state index in [1.54, 1.807) is 12.1 Å². The van der Waals surface area contributed by atoms with Gasteiger partial charge in [-0.2, -0.15) is 5.26 Å². The third kappa shape index (κ3) is 1.82. The molecule has 1 heterocycles. The van der Waals surface area contributed by atoms with Crippen molar-refractivity contribution in [3.63, 3.8) is 0 Å². The van der Waals surface area contributed by atoms with Crippen molar-refractivity contribution in [3.05, 3.63) is 24.0 Å². The van der Waals surface area contributed by atoms with Crippen LogP contribution in [-0.4, -0.2) is 11.1 Å². The molecule has 0 unspecified atom stereocenters. The maximum Gasteiger partial charge on any atom is 0.182 e. The molecule has 4 heteroatoms. The number of pyridine rings is 1. The van der Waals surface area contributed by atoms with Gasteiger partial charge in [0.25, 0.3) is 0 Å². The van der Waals surface area contributed by atoms with Crippen molar-refractivity contribution in [2.24, 2.45) is 0 Å². The summed E-state index contributed by atoms with van der Waals surface area (Å²) in [5.74, 6) is 0.421. The van der Waals surface area contributed by atoms with Crippen LogP contribution in [-0.2, 0) is 0 Å². The Morgan fingerprint density at radius 2 is 2.55 bits per heavy atom. The molecule has 3 nitrogen and oxygen atoms in total. The maximum atomic E-state index is 8.51. The van der Waals surface area contributed by atoms with E-state index in [1.165, 1.54) is 6.20 Å². The maximum absolute atomic E-state index is 8.51. The van der Waals surface area contributed by atoms with Gasteiger partial charge >= 0.3 is 0 Å². The molecule has 1 aromatic rings. The van der Waals surface area contributed by atoms with Crippen LogP contribution in [0.2, 0.25) is 0 Å². The number of rotatable bonds is 2. The van der Waals surface area contributed by atoms with Gasteiger partial charge in [0.2, 0.25) is 0 Å². The summed E-state index contributed by atoms with van der Waals surface area (Å²) in [6.07, 6.45) is 1.53. The Bertz CT molecular complexity index is 282. The number of nitrogens with zero attached hydrogens (tertiary/aromatic N) is 2. The number of hydrogen-bond acceptors (Lipinski definition) is 3. The fourth-order valence-corrected chi connectivity index (χ4v) is 0.767. The van der Waals surface area contributed by atoms with Crippen molar-refractivity contribution in [1.29, 1.82) is 5.26 Å². The molecule has 0 aromatic carbocycles. The van der Waals surface area contributed by atoms with Gasteiger partial charge in [0.05, 0.1) is 0 Å². The predicted molar refractivity (Wildman–Crippen MR) is 40.3 cm³/mol. The Hall–Kier alpha value is -1.27. The van der Waals surface area contributed by atoms with Crippen molar-refractivity contribution in [2.45, 2.75) is 0 Å². The number of ether oxygens (including phenoxy) is 1. The number of halogens is 1. The van der Waals surface area contributed by atoms with E-state index in [0.29, 0.717) is 5.75 Å². The van der Waals surface area contributed by atoms with Crippen molar-refractivity contribution in [3.8, 4) is 11.8 Å². The molecule has 0 radical (unpaired) electrons. The number of alkyl halides is 1. The highest BCUT2D eigenvalue weighted by Crippen LogP contribution is 2.13. The van der Waals surface area contributed by atoms with Gasteiger partial charge in [0.15, 0.2) is 17.5 Å². The molecule has 0 saturated carbocycles. The smallest absolute Gasteiger partial charge is 0.182 e. The van der Waals surface area contributed by atoms with Gasteiger partial charge in [0, 0.05) is 6.20 Å². The summed E-state index contributed by atoms with van der Waals surface area (Å²) in [7, 11) is 0. The van der Waals surface area contributed by atoms with Crippen LogP contribution in [0, 0.1) is 11.3 Å². The molecular weight excluding hydrogens is 164 g/mol. The van der Waals surface area contributed by atoms with Crippen LogP contribution in [0.1, 0.15) is 5.69 Å². The quantitative estimate of drug-likeness (QED) is 0.630. The van der Waals surface area contributed by atoms with E-state index >= 15 is 0 Å². The lowest BCUT2D eigenvalue weighted by Crippen LogP contribution is -1.93. The van der Waals surface area contributed by atoms with Gasteiger partial charge in [-0.05, 0) is 12.1 Å². The molecule has 0 atom stereocenters. The van der Waals surface area contributed by atoms with E-state index in [1.807, 2.05) is 6.07 Å². The first kappa shape index (κ1) is 7.83. The molecular formula is C7H5ClN2O. The van der Waals surface area contributed by atoms with Gasteiger partial charge in [0.1, 0.15) is 6.07 Å². The summed E-state index contributed by atoms with van der Waals surface area (Å²) in [5.41, 5.74) is 0.258. The molecule has 0 fully saturated rings. The fraction of sp³-hybridized carbons (Fsp3) is 0.143. The van der Waals surface area contributed by atoms with Crippen molar-refractivity contribution in [2.75, 3.05) is 6.07 Å². The average Bonchev–Trinajstić information content (AvgIpc) is 2.06. The van der Waals surface area contributed by atoms with Gasteiger partial charge in [-0.1, -0.05) is 11.6 Å². The minimum absolute atomic E-state index is 0.0281. The molecule has 0 saturated heterocycles. The third-order valence-corrected chi connectivity index (χ3v) is 1.20. The number of hydrogen-bond donors (Lipinski definition) is 0. The highest BCUT2D eigenvalue weighted by Gasteiger charge is 2.00. The first-order valence-corrected chi connectivity index (χ1v) is 3.46. The highest BCUT2D eigenvalue weighted by molar-refractivity contribution is 6.17. The lowest BCUT2D eigenvalue weighted by atomic mass is 10.3. The van der Waals surface area contributed by atoms with Crippen LogP contribution in [0.3, 0.4) is 0 Å². The molecule has 0 aliphatic carbocycles. The molecule has 0 aliphatic heterocycles. The van der Waals surface area contributed by atoms with Gasteiger partial charge < -0.3 is 4.74 Å². The van der Waals surface area contributed by atoms with E-state index < -0.39 is 0 Å². The number of nitriles is 1. The summed E-state index contributed by atoms with van der Waals surface area (Å²) in [6, 6.07) is 5.24. The van der Waals surface area contributed by atoms with Crippen LogP contribution < -0.4 is 4.74 Å². The second-order valence-corrected chi connectivity index (χ2v) is 1.93. The van der Waals surface area contributed by atoms with E-state index in [2.05, 4.69) is 4.98 Å². The normalized spacial score (nSPS) is 8.73. The number of aromatic nitrogens is 1. The summed E-state index contributed by atoms with van der Waals surface area (Å²) < 4.78 is 4.91. The molecule has 0 bridgehead atoms.